The molecule has 8 heteroatoms. The summed E-state index contributed by atoms with van der Waals surface area (Å²) >= 11 is 0. The zero-order chi connectivity index (χ0) is 27.1. The lowest BCUT2D eigenvalue weighted by Gasteiger charge is -2.31. The molecule has 1 fully saturated rings. The minimum Gasteiger partial charge on any atom is -0.373 e. The van der Waals surface area contributed by atoms with Crippen molar-refractivity contribution in [3.8, 4) is 17.9 Å². The van der Waals surface area contributed by atoms with Gasteiger partial charge in [0.15, 0.2) is 0 Å². The van der Waals surface area contributed by atoms with Gasteiger partial charge in [-0.25, -0.2) is 4.39 Å². The quantitative estimate of drug-likeness (QED) is 0.436. The van der Waals surface area contributed by atoms with Gasteiger partial charge in [0.05, 0.1) is 47.8 Å². The predicted octanol–water partition coefficient (Wildman–Crippen LogP) is 4.37. The van der Waals surface area contributed by atoms with Gasteiger partial charge in [-0.2, -0.15) is 5.26 Å². The lowest BCUT2D eigenvalue weighted by Crippen LogP contribution is -2.43. The third kappa shape index (κ3) is 6.51. The van der Waals surface area contributed by atoms with Crippen molar-refractivity contribution in [3.05, 3.63) is 59.5 Å². The normalized spacial score (nSPS) is 14.1. The van der Waals surface area contributed by atoms with Crippen LogP contribution in [-0.4, -0.2) is 52.7 Å². The molecule has 0 spiro atoms. The minimum absolute atomic E-state index is 0.146. The van der Waals surface area contributed by atoms with E-state index in [9.17, 15) is 14.4 Å². The number of carbonyl (C=O) groups excluding carboxylic acids is 1. The first-order valence-electron chi connectivity index (χ1n) is 13.1. The summed E-state index contributed by atoms with van der Waals surface area (Å²) in [5, 5.41) is 17.2. The Balaban J connectivity index is 1.39. The molecule has 1 aliphatic rings. The topological polar surface area (TPSA) is 86.0 Å². The van der Waals surface area contributed by atoms with Crippen LogP contribution in [0.15, 0.2) is 42.6 Å². The fourth-order valence-corrected chi connectivity index (χ4v) is 4.73. The maximum absolute atomic E-state index is 13.4. The number of hydrogen-bond donors (Lipinski definition) is 2. The number of halogens is 1. The van der Waals surface area contributed by atoms with E-state index in [4.69, 9.17) is 0 Å². The van der Waals surface area contributed by atoms with Crippen LogP contribution in [0.25, 0.3) is 10.9 Å². The molecule has 3 heterocycles. The van der Waals surface area contributed by atoms with Gasteiger partial charge in [-0.3, -0.25) is 9.78 Å². The van der Waals surface area contributed by atoms with Crippen LogP contribution in [0.1, 0.15) is 50.6 Å². The van der Waals surface area contributed by atoms with E-state index in [1.807, 2.05) is 47.6 Å². The van der Waals surface area contributed by atoms with Crippen LogP contribution < -0.4 is 10.6 Å². The number of aryl methyl sites for hydroxylation is 1. The molecule has 38 heavy (non-hydrogen) atoms. The van der Waals surface area contributed by atoms with Crippen LogP contribution in [0.3, 0.4) is 0 Å². The average molecular weight is 515 g/mol. The van der Waals surface area contributed by atoms with Crippen molar-refractivity contribution < 1.29 is 9.18 Å². The van der Waals surface area contributed by atoms with Crippen molar-refractivity contribution in [3.63, 3.8) is 0 Å². The Hall–Kier alpha value is -3.88. The third-order valence-corrected chi connectivity index (χ3v) is 7.09. The smallest absolute Gasteiger partial charge is 0.219 e. The van der Waals surface area contributed by atoms with Crippen molar-refractivity contribution in [1.29, 1.82) is 5.26 Å². The summed E-state index contributed by atoms with van der Waals surface area (Å²) in [6.07, 6.45) is 3.62. The molecule has 198 valence electrons. The van der Waals surface area contributed by atoms with Gasteiger partial charge in [-0.1, -0.05) is 12.0 Å². The van der Waals surface area contributed by atoms with Crippen LogP contribution in [-0.2, 0) is 23.3 Å². The summed E-state index contributed by atoms with van der Waals surface area (Å²) < 4.78 is 15.3. The van der Waals surface area contributed by atoms with E-state index in [1.54, 1.807) is 13.1 Å². The van der Waals surface area contributed by atoms with Crippen molar-refractivity contribution in [2.45, 2.75) is 58.2 Å². The van der Waals surface area contributed by atoms with Crippen molar-refractivity contribution in [2.75, 3.05) is 31.6 Å². The Morgan fingerprint density at radius 3 is 2.66 bits per heavy atom. The first kappa shape index (κ1) is 27.2. The Morgan fingerprint density at radius 1 is 1.21 bits per heavy atom. The molecule has 0 unspecified atom stereocenters. The summed E-state index contributed by atoms with van der Waals surface area (Å²) in [4.78, 5) is 17.8. The molecule has 3 aromatic rings. The third-order valence-electron chi connectivity index (χ3n) is 7.09. The zero-order valence-electron chi connectivity index (χ0n) is 22.4. The number of nitrogens with zero attached hydrogens (tertiary/aromatic N) is 4. The van der Waals surface area contributed by atoms with Gasteiger partial charge in [0.2, 0.25) is 5.91 Å². The molecule has 0 atom stereocenters. The number of fused-ring (bicyclic) bond motifs is 1. The fourth-order valence-electron chi connectivity index (χ4n) is 4.73. The highest BCUT2D eigenvalue weighted by atomic mass is 19.1. The number of nitrogens with one attached hydrogen (secondary N) is 2. The molecule has 1 saturated heterocycles. The number of piperidine rings is 1. The fraction of sp³-hybridized carbons (Fsp3) is 0.433. The maximum atomic E-state index is 13.4. The summed E-state index contributed by atoms with van der Waals surface area (Å²) in [5.41, 5.74) is 3.83. The molecular weight excluding hydrogens is 479 g/mol. The van der Waals surface area contributed by atoms with E-state index in [1.165, 1.54) is 5.56 Å². The van der Waals surface area contributed by atoms with Crippen LogP contribution in [0, 0.1) is 23.2 Å². The number of carbonyl (C=O) groups is 1. The highest BCUT2D eigenvalue weighted by molar-refractivity contribution is 5.83. The lowest BCUT2D eigenvalue weighted by atomic mass is 9.91. The van der Waals surface area contributed by atoms with Crippen LogP contribution in [0.5, 0.6) is 0 Å². The monoisotopic (exact) mass is 514 g/mol. The first-order valence-corrected chi connectivity index (χ1v) is 13.1. The van der Waals surface area contributed by atoms with E-state index >= 15 is 0 Å². The highest BCUT2D eigenvalue weighted by Crippen LogP contribution is 2.23. The molecular formula is C30H35FN6O. The summed E-state index contributed by atoms with van der Waals surface area (Å²) in [7, 11) is 0. The SMILES string of the molecule is CC(=O)N1CCC(NCc2ccc3c(c2)cc(C#CCNc2ccc(C(C)(C)C#N)nc2)n3CCF)CC1. The number of nitriles is 1. The molecule has 4 rings (SSSR count). The first-order chi connectivity index (χ1) is 18.3. The molecule has 0 saturated carbocycles. The zero-order valence-corrected chi connectivity index (χ0v) is 22.4. The van der Waals surface area contributed by atoms with E-state index in [-0.39, 0.29) is 12.5 Å². The molecule has 0 aliphatic carbocycles. The van der Waals surface area contributed by atoms with E-state index in [0.717, 1.165) is 60.5 Å². The Bertz CT molecular complexity index is 1370. The number of hydrogen-bond acceptors (Lipinski definition) is 5. The van der Waals surface area contributed by atoms with E-state index < -0.39 is 12.1 Å². The molecule has 2 aromatic heterocycles. The predicted molar refractivity (Wildman–Crippen MR) is 148 cm³/mol. The van der Waals surface area contributed by atoms with Crippen LogP contribution >= 0.6 is 0 Å². The van der Waals surface area contributed by atoms with Gasteiger partial charge in [0, 0.05) is 43.5 Å². The Labute approximate surface area is 224 Å². The second-order valence-corrected chi connectivity index (χ2v) is 10.2. The van der Waals surface area contributed by atoms with Crippen LogP contribution in [0.2, 0.25) is 0 Å². The number of alkyl halides is 1. The molecule has 2 N–H and O–H groups in total. The molecule has 7 nitrogen and oxygen atoms in total. The number of amides is 1. The molecule has 0 radical (unpaired) electrons. The number of aromatic nitrogens is 2. The number of benzene rings is 1. The van der Waals surface area contributed by atoms with Gasteiger partial charge >= 0.3 is 0 Å². The largest absolute Gasteiger partial charge is 0.373 e. The standard InChI is InChI=1S/C30H35FN6O/c1-22(38)36-14-10-25(11-15-36)34-19-23-6-8-28-24(17-23)18-27(37(28)16-12-31)5-4-13-33-26-7-9-29(35-20-26)30(2,3)21-32/h6-9,17-18,20,25,33-34H,10-16,19H2,1-3H3. The second kappa shape index (κ2) is 12.1. The molecule has 1 aliphatic heterocycles. The van der Waals surface area contributed by atoms with Crippen molar-refractivity contribution in [1.82, 2.24) is 19.8 Å². The number of likely N-dealkylation sites (tertiary alicyclic amines) is 1. The number of anilines is 1. The van der Waals surface area contributed by atoms with E-state index in [2.05, 4.69) is 45.7 Å². The molecule has 1 aromatic carbocycles. The lowest BCUT2D eigenvalue weighted by molar-refractivity contribution is -0.129. The Morgan fingerprint density at radius 2 is 2.00 bits per heavy atom. The van der Waals surface area contributed by atoms with Crippen molar-refractivity contribution in [2.24, 2.45) is 0 Å². The van der Waals surface area contributed by atoms with Crippen molar-refractivity contribution >= 4 is 22.5 Å². The maximum Gasteiger partial charge on any atom is 0.219 e. The molecule has 0 bridgehead atoms. The van der Waals surface area contributed by atoms with Gasteiger partial charge in [-0.05, 0) is 68.5 Å². The Kier molecular flexibility index (Phi) is 8.66. The summed E-state index contributed by atoms with van der Waals surface area (Å²) in [6.45, 7) is 7.86. The second-order valence-electron chi connectivity index (χ2n) is 10.2. The molecule has 1 amide bonds. The van der Waals surface area contributed by atoms with Gasteiger partial charge < -0.3 is 20.1 Å². The van der Waals surface area contributed by atoms with Gasteiger partial charge in [0.25, 0.3) is 0 Å². The van der Waals surface area contributed by atoms with Gasteiger partial charge in [-0.15, -0.1) is 0 Å². The number of rotatable bonds is 8. The van der Waals surface area contributed by atoms with Crippen LogP contribution in [0.4, 0.5) is 10.1 Å². The number of pyridine rings is 1. The summed E-state index contributed by atoms with van der Waals surface area (Å²) in [6, 6.07) is 14.7. The van der Waals surface area contributed by atoms with Gasteiger partial charge in [0.1, 0.15) is 6.67 Å². The van der Waals surface area contributed by atoms with E-state index in [0.29, 0.717) is 12.6 Å². The average Bonchev–Trinajstić information content (AvgIpc) is 3.27. The highest BCUT2D eigenvalue weighted by Gasteiger charge is 2.21. The summed E-state index contributed by atoms with van der Waals surface area (Å²) in [5.74, 6) is 6.47. The minimum atomic E-state index is -0.633.